The lowest BCUT2D eigenvalue weighted by molar-refractivity contribution is 0.0493. The number of hydrogen-bond donors (Lipinski definition) is 3. The van der Waals surface area contributed by atoms with Gasteiger partial charge in [-0.25, -0.2) is 4.79 Å². The van der Waals surface area contributed by atoms with Crippen LogP contribution in [0.5, 0.6) is 0 Å². The Labute approximate surface area is 170 Å². The number of nitrogens with zero attached hydrogens (tertiary/aromatic N) is 1. The lowest BCUT2D eigenvalue weighted by Crippen LogP contribution is -2.45. The maximum absolute atomic E-state index is 12.0. The molecule has 0 aromatic rings. The Morgan fingerprint density at radius 3 is 2.28 bits per heavy atom. The van der Waals surface area contributed by atoms with Gasteiger partial charge in [-0.05, 0) is 40.5 Å². The number of carbonyl (C=O) groups excluding carboxylic acids is 1. The van der Waals surface area contributed by atoms with Crippen molar-refractivity contribution in [3.8, 4) is 0 Å². The van der Waals surface area contributed by atoms with Gasteiger partial charge < -0.3 is 25.4 Å². The van der Waals surface area contributed by atoms with Crippen LogP contribution < -0.4 is 16.0 Å². The van der Waals surface area contributed by atoms with Gasteiger partial charge >= 0.3 is 6.09 Å². The highest BCUT2D eigenvalue weighted by Crippen LogP contribution is 2.09. The maximum atomic E-state index is 12.0. The molecule has 0 aliphatic rings. The second kappa shape index (κ2) is 14.4. The Morgan fingerprint density at radius 1 is 1.16 bits per heavy atom. The molecule has 0 heterocycles. The molecular formula is C17H37IN4O3. The van der Waals surface area contributed by atoms with E-state index in [1.54, 1.807) is 0 Å². The number of hydrogen-bond acceptors (Lipinski definition) is 4. The van der Waals surface area contributed by atoms with Crippen molar-refractivity contribution in [2.45, 2.75) is 60.1 Å². The summed E-state index contributed by atoms with van der Waals surface area (Å²) in [5.74, 6) is 0.960. The molecule has 1 unspecified atom stereocenters. The minimum absolute atomic E-state index is 0. The molecule has 0 fully saturated rings. The molecule has 1 amide bonds. The summed E-state index contributed by atoms with van der Waals surface area (Å²) in [6, 6.07) is -0.0952. The van der Waals surface area contributed by atoms with Gasteiger partial charge in [0.2, 0.25) is 0 Å². The van der Waals surface area contributed by atoms with Gasteiger partial charge in [0.25, 0.3) is 0 Å². The van der Waals surface area contributed by atoms with Crippen molar-refractivity contribution < 1.29 is 14.3 Å². The molecule has 0 rings (SSSR count). The quantitative estimate of drug-likeness (QED) is 0.208. The first kappa shape index (κ1) is 26.5. The number of carbonyl (C=O) groups is 1. The van der Waals surface area contributed by atoms with Crippen LogP contribution in [-0.2, 0) is 9.47 Å². The third kappa shape index (κ3) is 15.2. The summed E-state index contributed by atoms with van der Waals surface area (Å²) in [7, 11) is 0. The van der Waals surface area contributed by atoms with E-state index in [1.165, 1.54) is 0 Å². The van der Waals surface area contributed by atoms with Gasteiger partial charge in [-0.15, -0.1) is 24.0 Å². The number of guanidine groups is 1. The van der Waals surface area contributed by atoms with E-state index in [-0.39, 0.29) is 35.9 Å². The van der Waals surface area contributed by atoms with Crippen molar-refractivity contribution in [2.75, 3.05) is 32.8 Å². The molecule has 8 heteroatoms. The number of halogens is 1. The van der Waals surface area contributed by atoms with Gasteiger partial charge in [0.1, 0.15) is 5.60 Å². The molecule has 0 aliphatic carbocycles. The second-order valence-electron chi connectivity index (χ2n) is 6.84. The van der Waals surface area contributed by atoms with Gasteiger partial charge in [0.15, 0.2) is 5.96 Å². The smallest absolute Gasteiger partial charge is 0.407 e. The zero-order valence-electron chi connectivity index (χ0n) is 16.8. The number of nitrogens with one attached hydrogen (secondary N) is 3. The van der Waals surface area contributed by atoms with Crippen molar-refractivity contribution in [1.82, 2.24) is 16.0 Å². The third-order valence-corrected chi connectivity index (χ3v) is 3.04. The summed E-state index contributed by atoms with van der Waals surface area (Å²) in [5.41, 5.74) is -0.509. The van der Waals surface area contributed by atoms with Crippen LogP contribution in [0, 0.1) is 5.92 Å². The van der Waals surface area contributed by atoms with Crippen LogP contribution in [0.25, 0.3) is 0 Å². The lowest BCUT2D eigenvalue weighted by Gasteiger charge is -2.25. The molecule has 3 N–H and O–H groups in total. The fourth-order valence-corrected chi connectivity index (χ4v) is 1.80. The fraction of sp³-hybridized carbons (Fsp3) is 0.882. The minimum atomic E-state index is -0.509. The van der Waals surface area contributed by atoms with Gasteiger partial charge in [-0.3, -0.25) is 4.99 Å². The molecule has 0 aromatic heterocycles. The number of rotatable bonds is 9. The van der Waals surface area contributed by atoms with Gasteiger partial charge in [0, 0.05) is 19.7 Å². The Hall–Kier alpha value is -0.770. The van der Waals surface area contributed by atoms with Crippen LogP contribution in [0.15, 0.2) is 4.99 Å². The van der Waals surface area contributed by atoms with E-state index in [4.69, 9.17) is 9.47 Å². The molecule has 0 radical (unpaired) electrons. The summed E-state index contributed by atoms with van der Waals surface area (Å²) < 4.78 is 10.6. The largest absolute Gasteiger partial charge is 0.444 e. The predicted octanol–water partition coefficient (Wildman–Crippen LogP) is 2.75. The monoisotopic (exact) mass is 472 g/mol. The highest BCUT2D eigenvalue weighted by molar-refractivity contribution is 14.0. The highest BCUT2D eigenvalue weighted by atomic mass is 127. The molecule has 0 bridgehead atoms. The third-order valence-electron chi connectivity index (χ3n) is 3.04. The van der Waals surface area contributed by atoms with Crippen LogP contribution in [0.4, 0.5) is 4.79 Å². The number of amides is 1. The van der Waals surface area contributed by atoms with Crippen LogP contribution in [0.1, 0.15) is 48.5 Å². The first-order valence-corrected chi connectivity index (χ1v) is 8.79. The summed E-state index contributed by atoms with van der Waals surface area (Å²) in [5, 5.41) is 9.29. The van der Waals surface area contributed by atoms with Crippen molar-refractivity contribution in [3.63, 3.8) is 0 Å². The zero-order chi connectivity index (χ0) is 18.6. The average Bonchev–Trinajstić information content (AvgIpc) is 2.45. The summed E-state index contributed by atoms with van der Waals surface area (Å²) >= 11 is 0. The van der Waals surface area contributed by atoms with E-state index in [0.717, 1.165) is 6.54 Å². The predicted molar refractivity (Wildman–Crippen MR) is 114 cm³/mol. The van der Waals surface area contributed by atoms with Gasteiger partial charge in [-0.1, -0.05) is 13.8 Å². The first-order valence-electron chi connectivity index (χ1n) is 8.79. The molecule has 25 heavy (non-hydrogen) atoms. The van der Waals surface area contributed by atoms with E-state index >= 15 is 0 Å². The topological polar surface area (TPSA) is 84.0 Å². The van der Waals surface area contributed by atoms with E-state index in [2.05, 4.69) is 20.9 Å². The summed E-state index contributed by atoms with van der Waals surface area (Å²) in [6.45, 7) is 16.9. The maximum Gasteiger partial charge on any atom is 0.407 e. The Kier molecular flexibility index (Phi) is 15.2. The van der Waals surface area contributed by atoms with Crippen LogP contribution in [0.2, 0.25) is 0 Å². The van der Waals surface area contributed by atoms with Crippen LogP contribution in [0.3, 0.4) is 0 Å². The summed E-state index contributed by atoms with van der Waals surface area (Å²) in [6.07, 6.45) is -0.411. The van der Waals surface area contributed by atoms with Crippen LogP contribution >= 0.6 is 24.0 Å². The zero-order valence-corrected chi connectivity index (χ0v) is 19.1. The molecule has 7 nitrogen and oxygen atoms in total. The van der Waals surface area contributed by atoms with Crippen molar-refractivity contribution in [3.05, 3.63) is 0 Å². The molecule has 150 valence electrons. The SMILES string of the molecule is CCNC(=NCC(NC(=O)OC(C)(C)C)C(C)C)NCCOCC.I. The molecule has 0 saturated carbocycles. The molecule has 0 saturated heterocycles. The van der Waals surface area contributed by atoms with Crippen molar-refractivity contribution >= 4 is 36.0 Å². The standard InChI is InChI=1S/C17H36N4O3.HI/c1-8-18-15(19-10-11-23-9-2)20-12-14(13(3)4)21-16(22)24-17(5,6)7;/h13-14H,8-12H2,1-7H3,(H,21,22)(H2,18,19,20);1H. The summed E-state index contributed by atoms with van der Waals surface area (Å²) in [4.78, 5) is 16.5. The van der Waals surface area contributed by atoms with Crippen LogP contribution in [-0.4, -0.2) is 56.5 Å². The van der Waals surface area contributed by atoms with E-state index in [1.807, 2.05) is 48.5 Å². The van der Waals surface area contributed by atoms with E-state index in [0.29, 0.717) is 32.3 Å². The Morgan fingerprint density at radius 2 is 1.80 bits per heavy atom. The number of aliphatic imine (C=N–C) groups is 1. The molecule has 0 spiro atoms. The lowest BCUT2D eigenvalue weighted by atomic mass is 10.1. The second-order valence-corrected chi connectivity index (χ2v) is 6.84. The normalized spacial score (nSPS) is 13.0. The molecule has 0 aromatic carbocycles. The molecular weight excluding hydrogens is 435 g/mol. The molecule has 0 aliphatic heterocycles. The Balaban J connectivity index is 0. The first-order chi connectivity index (χ1) is 11.2. The van der Waals surface area contributed by atoms with Crippen molar-refractivity contribution in [2.24, 2.45) is 10.9 Å². The van der Waals surface area contributed by atoms with Gasteiger partial charge in [0.05, 0.1) is 19.2 Å². The average molecular weight is 472 g/mol. The molecule has 1 atom stereocenters. The fourth-order valence-electron chi connectivity index (χ4n) is 1.80. The van der Waals surface area contributed by atoms with Gasteiger partial charge in [-0.2, -0.15) is 0 Å². The highest BCUT2D eigenvalue weighted by Gasteiger charge is 2.21. The van der Waals surface area contributed by atoms with E-state index in [9.17, 15) is 4.79 Å². The van der Waals surface area contributed by atoms with Crippen molar-refractivity contribution in [1.29, 1.82) is 0 Å². The minimum Gasteiger partial charge on any atom is -0.444 e. The number of alkyl carbamates (subject to hydrolysis) is 1. The van der Waals surface area contributed by atoms with E-state index < -0.39 is 11.7 Å². The number of ether oxygens (including phenoxy) is 2. The Bertz CT molecular complexity index is 385.